The van der Waals surface area contributed by atoms with Crippen molar-refractivity contribution in [1.29, 1.82) is 0 Å². The van der Waals surface area contributed by atoms with Crippen LogP contribution in [-0.2, 0) is 54.1 Å². The molecule has 0 aromatic heterocycles. The molecular formula is C38H55Cl6N3O13S. The van der Waals surface area contributed by atoms with E-state index in [1.54, 1.807) is 11.8 Å². The van der Waals surface area contributed by atoms with Crippen LogP contribution in [0.1, 0.15) is 54.0 Å². The zero-order valence-electron chi connectivity index (χ0n) is 34.8. The smallest absolute Gasteiger partial charge is 0.407 e. The van der Waals surface area contributed by atoms with Crippen LogP contribution in [0.3, 0.4) is 0 Å². The third kappa shape index (κ3) is 21.9. The number of nitrogens with one attached hydrogen (secondary N) is 3. The van der Waals surface area contributed by atoms with Crippen LogP contribution >= 0.6 is 81.4 Å². The predicted octanol–water partition coefficient (Wildman–Crippen LogP) is 7.72. The second-order valence-corrected chi connectivity index (χ2v) is 20.6. The molecule has 3 N–H and O–H groups in total. The Balaban J connectivity index is 0.000000449. The van der Waals surface area contributed by atoms with Crippen LogP contribution in [0.25, 0.3) is 0 Å². The molecule has 10 atom stereocenters. The molecule has 0 saturated carbocycles. The Morgan fingerprint density at radius 3 is 1.66 bits per heavy atom. The standard InChI is InChI=1S/C23H31Cl3N2O8.C15H24Cl3NO5S/c1-14-15(2)19(28-22(31)35-13-23(24,25)26)20(36-18(14)12-33-16(3)29)32-10-9-27-21(30)34-11-17-7-5-4-6-8-17;1-5-25-13-12(19-14(21)23-7-15(16,17)18)9(3)8(2)11(24-13)6-22-10(4)20/h4-8,14-15,18-20H,9-13H2,1-3H3,(H,27,30)(H,28,31);8-9,11-13H,5-7H2,1-4H3,(H,19,21). The van der Waals surface area contributed by atoms with Crippen molar-refractivity contribution in [3.05, 3.63) is 35.9 Å². The number of carbonyl (C=O) groups is 5. The van der Waals surface area contributed by atoms with E-state index in [-0.39, 0.29) is 86.8 Å². The fourth-order valence-corrected chi connectivity index (χ4v) is 7.37. The lowest BCUT2D eigenvalue weighted by Crippen LogP contribution is -2.59. The molecular weight excluding hydrogens is 951 g/mol. The molecule has 2 saturated heterocycles. The van der Waals surface area contributed by atoms with Crippen molar-refractivity contribution in [3.8, 4) is 0 Å². The number of hydrogen-bond acceptors (Lipinski definition) is 14. The largest absolute Gasteiger partial charge is 0.463 e. The molecule has 10 unspecified atom stereocenters. The Hall–Kier alpha value is -2.06. The van der Waals surface area contributed by atoms with Crippen molar-refractivity contribution in [2.75, 3.05) is 45.3 Å². The van der Waals surface area contributed by atoms with Crippen LogP contribution in [0.5, 0.6) is 0 Å². The second-order valence-electron chi connectivity index (χ2n) is 14.2. The van der Waals surface area contributed by atoms with Crippen molar-refractivity contribution in [1.82, 2.24) is 16.0 Å². The van der Waals surface area contributed by atoms with Gasteiger partial charge in [0.05, 0.1) is 30.9 Å². The van der Waals surface area contributed by atoms with E-state index in [0.29, 0.717) is 0 Å². The summed E-state index contributed by atoms with van der Waals surface area (Å²) in [7, 11) is 0. The van der Waals surface area contributed by atoms with Gasteiger partial charge in [0.2, 0.25) is 7.59 Å². The molecule has 3 amide bonds. The molecule has 1 aromatic carbocycles. The fourth-order valence-electron chi connectivity index (χ4n) is 5.97. The van der Waals surface area contributed by atoms with E-state index in [4.69, 9.17) is 108 Å². The maximum atomic E-state index is 12.3. The molecule has 2 aliphatic heterocycles. The summed E-state index contributed by atoms with van der Waals surface area (Å²) >= 11 is 35.2. The number of esters is 2. The SMILES string of the molecule is CC(=O)OCC1OC(OCCNC(=O)OCc2ccccc2)C(NC(=O)OCC(Cl)(Cl)Cl)C(C)C1C.CCSC1OC(COC(C)=O)C(C)C(C)C1NC(=O)OCC(Cl)(Cl)Cl. The lowest BCUT2D eigenvalue weighted by molar-refractivity contribution is -0.242. The van der Waals surface area contributed by atoms with Gasteiger partial charge in [-0.05, 0) is 35.0 Å². The predicted molar refractivity (Wildman–Crippen MR) is 233 cm³/mol. The molecule has 0 spiro atoms. The van der Waals surface area contributed by atoms with Gasteiger partial charge in [0.25, 0.3) is 0 Å². The molecule has 16 nitrogen and oxygen atoms in total. The molecule has 61 heavy (non-hydrogen) atoms. The van der Waals surface area contributed by atoms with Gasteiger partial charge in [0.15, 0.2) is 6.29 Å². The molecule has 348 valence electrons. The number of halogens is 6. The van der Waals surface area contributed by atoms with Gasteiger partial charge in [-0.25, -0.2) is 14.4 Å². The lowest BCUT2D eigenvalue weighted by atomic mass is 9.82. The van der Waals surface area contributed by atoms with E-state index in [9.17, 15) is 24.0 Å². The summed E-state index contributed by atoms with van der Waals surface area (Å²) in [6, 6.07) is 8.34. The Morgan fingerprint density at radius 1 is 0.672 bits per heavy atom. The summed E-state index contributed by atoms with van der Waals surface area (Å²) in [4.78, 5) is 58.6. The van der Waals surface area contributed by atoms with Crippen LogP contribution in [0, 0.1) is 23.7 Å². The third-order valence-electron chi connectivity index (χ3n) is 9.57. The number of carbonyl (C=O) groups excluding carboxylic acids is 5. The molecule has 23 heteroatoms. The van der Waals surface area contributed by atoms with Gasteiger partial charge in [0.1, 0.15) is 38.5 Å². The highest BCUT2D eigenvalue weighted by molar-refractivity contribution is 7.99. The van der Waals surface area contributed by atoms with Crippen molar-refractivity contribution in [2.24, 2.45) is 23.7 Å². The first-order valence-corrected chi connectivity index (χ1v) is 22.6. The zero-order valence-corrected chi connectivity index (χ0v) is 40.2. The number of benzene rings is 1. The highest BCUT2D eigenvalue weighted by Gasteiger charge is 2.45. The molecule has 0 aliphatic carbocycles. The fraction of sp³-hybridized carbons (Fsp3) is 0.711. The van der Waals surface area contributed by atoms with Crippen LogP contribution in [0.2, 0.25) is 0 Å². The van der Waals surface area contributed by atoms with Gasteiger partial charge in [-0.3, -0.25) is 9.59 Å². The minimum absolute atomic E-state index is 0.0230. The van der Waals surface area contributed by atoms with Crippen molar-refractivity contribution in [2.45, 2.75) is 98.7 Å². The Bertz CT molecular complexity index is 1530. The van der Waals surface area contributed by atoms with Crippen molar-refractivity contribution < 1.29 is 61.9 Å². The van der Waals surface area contributed by atoms with E-state index >= 15 is 0 Å². The normalized spacial score (nSPS) is 26.3. The van der Waals surface area contributed by atoms with E-state index in [1.165, 1.54) is 13.8 Å². The van der Waals surface area contributed by atoms with Crippen LogP contribution in [-0.4, -0.2) is 119 Å². The first kappa shape index (κ1) is 55.1. The van der Waals surface area contributed by atoms with Gasteiger partial charge in [-0.2, -0.15) is 0 Å². The van der Waals surface area contributed by atoms with Crippen LogP contribution < -0.4 is 16.0 Å². The first-order chi connectivity index (χ1) is 28.5. The minimum Gasteiger partial charge on any atom is -0.463 e. The number of amides is 3. The first-order valence-electron chi connectivity index (χ1n) is 19.3. The summed E-state index contributed by atoms with van der Waals surface area (Å²) in [5.74, 6) is -0.149. The molecule has 0 radical (unpaired) electrons. The molecule has 0 bridgehead atoms. The number of ether oxygens (including phenoxy) is 8. The van der Waals surface area contributed by atoms with Gasteiger partial charge in [-0.1, -0.05) is 135 Å². The number of thioether (sulfide) groups is 1. The summed E-state index contributed by atoms with van der Waals surface area (Å²) in [6.45, 7) is 12.2. The maximum absolute atomic E-state index is 12.3. The van der Waals surface area contributed by atoms with Crippen LogP contribution in [0.4, 0.5) is 14.4 Å². The molecule has 2 aliphatic rings. The number of rotatable bonds is 16. The Kier molecular flexibility index (Phi) is 24.7. The van der Waals surface area contributed by atoms with E-state index in [2.05, 4.69) is 16.0 Å². The maximum Gasteiger partial charge on any atom is 0.407 e. The minimum atomic E-state index is -1.76. The number of alkyl carbamates (subject to hydrolysis) is 3. The highest BCUT2D eigenvalue weighted by Crippen LogP contribution is 2.36. The summed E-state index contributed by atoms with van der Waals surface area (Å²) < 4.78 is 39.7. The molecule has 3 rings (SSSR count). The van der Waals surface area contributed by atoms with Crippen LogP contribution in [0.15, 0.2) is 30.3 Å². The van der Waals surface area contributed by atoms with Gasteiger partial charge in [0, 0.05) is 20.4 Å². The molecule has 1 aromatic rings. The number of alkyl halides is 6. The quantitative estimate of drug-likeness (QED) is 0.0630. The zero-order chi connectivity index (χ0) is 45.9. The van der Waals surface area contributed by atoms with Gasteiger partial charge < -0.3 is 53.8 Å². The topological polar surface area (TPSA) is 195 Å². The number of hydrogen-bond donors (Lipinski definition) is 3. The Labute approximate surface area is 390 Å². The second kappa shape index (κ2) is 27.3. The average molecular weight is 1010 g/mol. The monoisotopic (exact) mass is 1000 g/mol. The summed E-state index contributed by atoms with van der Waals surface area (Å²) in [6.07, 6.45) is -3.74. The molecule has 2 heterocycles. The van der Waals surface area contributed by atoms with Gasteiger partial charge in [-0.15, -0.1) is 11.8 Å². The lowest BCUT2D eigenvalue weighted by Gasteiger charge is -2.44. The summed E-state index contributed by atoms with van der Waals surface area (Å²) in [5.41, 5.74) is 0.564. The average Bonchev–Trinajstić information content (AvgIpc) is 3.18. The van der Waals surface area contributed by atoms with Gasteiger partial charge >= 0.3 is 30.2 Å². The van der Waals surface area contributed by atoms with Crippen molar-refractivity contribution >= 4 is 112 Å². The van der Waals surface area contributed by atoms with E-state index in [1.807, 2.05) is 65.0 Å². The Morgan fingerprint density at radius 2 is 1.16 bits per heavy atom. The molecule has 2 fully saturated rings. The third-order valence-corrected chi connectivity index (χ3v) is 11.3. The van der Waals surface area contributed by atoms with Crippen molar-refractivity contribution in [3.63, 3.8) is 0 Å². The van der Waals surface area contributed by atoms with E-state index < -0.39 is 56.9 Å². The summed E-state index contributed by atoms with van der Waals surface area (Å²) in [5, 5.41) is 8.08. The van der Waals surface area contributed by atoms with E-state index in [0.717, 1.165) is 11.3 Å². The highest BCUT2D eigenvalue weighted by atomic mass is 35.6.